The van der Waals surface area contributed by atoms with Gasteiger partial charge in [0.15, 0.2) is 5.82 Å². The number of alkyl halides is 2. The minimum absolute atomic E-state index is 0.0199. The lowest BCUT2D eigenvalue weighted by molar-refractivity contribution is -0.140. The Morgan fingerprint density at radius 1 is 1.16 bits per heavy atom. The van der Waals surface area contributed by atoms with E-state index in [9.17, 15) is 13.6 Å². The van der Waals surface area contributed by atoms with Crippen LogP contribution in [0.3, 0.4) is 0 Å². The van der Waals surface area contributed by atoms with Gasteiger partial charge in [0.25, 0.3) is 5.92 Å². The number of hydrogen-bond acceptors (Lipinski definition) is 8. The normalized spacial score (nSPS) is 21.2. The van der Waals surface area contributed by atoms with Crippen molar-refractivity contribution in [2.75, 3.05) is 32.3 Å². The predicted molar refractivity (Wildman–Crippen MR) is 108 cm³/mol. The van der Waals surface area contributed by atoms with Crippen molar-refractivity contribution in [3.8, 4) is 5.88 Å². The lowest BCUT2D eigenvalue weighted by atomic mass is 10.1. The molecule has 0 saturated carbocycles. The number of nitrogens with zero attached hydrogens (tertiary/aromatic N) is 7. The average Bonchev–Trinajstić information content (AvgIpc) is 3.11. The van der Waals surface area contributed by atoms with E-state index in [-0.39, 0.29) is 31.8 Å². The van der Waals surface area contributed by atoms with Gasteiger partial charge in [0.2, 0.25) is 11.8 Å². The van der Waals surface area contributed by atoms with Crippen LogP contribution in [0, 0.1) is 6.92 Å². The third kappa shape index (κ3) is 4.18. The van der Waals surface area contributed by atoms with Gasteiger partial charge in [-0.3, -0.25) is 19.8 Å². The molecule has 2 aliphatic rings. The van der Waals surface area contributed by atoms with E-state index in [0.717, 1.165) is 5.69 Å². The molecule has 1 fully saturated rings. The number of anilines is 1. The van der Waals surface area contributed by atoms with Crippen molar-refractivity contribution >= 4 is 17.4 Å². The topological polar surface area (TPSA) is 87.6 Å². The Kier molecular flexibility index (Phi) is 5.52. The summed E-state index contributed by atoms with van der Waals surface area (Å²) in [6, 6.07) is 2.68. The fourth-order valence-corrected chi connectivity index (χ4v) is 3.63. The molecular weight excluding hydrogens is 408 g/mol. The largest absolute Gasteiger partial charge is 0.480 e. The quantitative estimate of drug-likeness (QED) is 0.726. The van der Waals surface area contributed by atoms with Crippen molar-refractivity contribution in [1.29, 1.82) is 0 Å². The van der Waals surface area contributed by atoms with E-state index in [1.165, 1.54) is 12.0 Å². The number of aromatic nitrogens is 4. The number of likely N-dealkylation sites (tertiary alicyclic amines) is 1. The van der Waals surface area contributed by atoms with Gasteiger partial charge >= 0.3 is 0 Å². The molecule has 0 spiro atoms. The lowest BCUT2D eigenvalue weighted by Gasteiger charge is -2.36. The van der Waals surface area contributed by atoms with Crippen LogP contribution in [0.15, 0.2) is 30.6 Å². The standard InChI is InChI=1S/C20H23F2N7O2/c1-13-11-24-14(12-23-13)15-10-16(19(30)28-8-6-20(21,22)7-9-28)27(2)29(15)17-4-5-18(31-3)26-25-17/h4-5,10-12,16H,6-9H2,1-3H3. The van der Waals surface area contributed by atoms with Crippen LogP contribution in [0.1, 0.15) is 24.2 Å². The summed E-state index contributed by atoms with van der Waals surface area (Å²) in [6.07, 6.45) is 4.34. The summed E-state index contributed by atoms with van der Waals surface area (Å²) >= 11 is 0. The van der Waals surface area contributed by atoms with Crippen LogP contribution in [-0.2, 0) is 4.79 Å². The summed E-state index contributed by atoms with van der Waals surface area (Å²) in [7, 11) is 3.23. The van der Waals surface area contributed by atoms with Crippen LogP contribution < -0.4 is 9.75 Å². The molecule has 2 aliphatic heterocycles. The van der Waals surface area contributed by atoms with E-state index in [2.05, 4.69) is 20.2 Å². The van der Waals surface area contributed by atoms with Gasteiger partial charge in [-0.25, -0.2) is 13.8 Å². The van der Waals surface area contributed by atoms with Crippen molar-refractivity contribution in [2.45, 2.75) is 31.7 Å². The summed E-state index contributed by atoms with van der Waals surface area (Å²) in [5.41, 5.74) is 1.92. The van der Waals surface area contributed by atoms with Crippen LogP contribution in [-0.4, -0.2) is 75.2 Å². The predicted octanol–water partition coefficient (Wildman–Crippen LogP) is 1.92. The Morgan fingerprint density at radius 3 is 2.48 bits per heavy atom. The van der Waals surface area contributed by atoms with E-state index in [4.69, 9.17) is 4.74 Å². The highest BCUT2D eigenvalue weighted by molar-refractivity contribution is 5.91. The van der Waals surface area contributed by atoms with Gasteiger partial charge in [-0.1, -0.05) is 0 Å². The molecule has 1 unspecified atom stereocenters. The lowest BCUT2D eigenvalue weighted by Crippen LogP contribution is -2.52. The molecule has 9 nitrogen and oxygen atoms in total. The maximum Gasteiger partial charge on any atom is 0.251 e. The van der Waals surface area contributed by atoms with Crippen molar-refractivity contribution in [2.24, 2.45) is 0 Å². The number of piperidine rings is 1. The Hall–Kier alpha value is -3.21. The summed E-state index contributed by atoms with van der Waals surface area (Å²) in [5, 5.41) is 11.6. The first-order chi connectivity index (χ1) is 14.8. The third-order valence-electron chi connectivity index (χ3n) is 5.42. The van der Waals surface area contributed by atoms with Crippen LogP contribution in [0.25, 0.3) is 5.70 Å². The monoisotopic (exact) mass is 431 g/mol. The molecule has 0 radical (unpaired) electrons. The number of rotatable bonds is 4. The summed E-state index contributed by atoms with van der Waals surface area (Å²) in [5.74, 6) is -2.16. The number of amides is 1. The first-order valence-corrected chi connectivity index (χ1v) is 9.87. The molecule has 31 heavy (non-hydrogen) atoms. The summed E-state index contributed by atoms with van der Waals surface area (Å²) < 4.78 is 32.2. The maximum absolute atomic E-state index is 13.5. The van der Waals surface area contributed by atoms with Gasteiger partial charge < -0.3 is 9.64 Å². The molecule has 164 valence electrons. The maximum atomic E-state index is 13.5. The summed E-state index contributed by atoms with van der Waals surface area (Å²) in [4.78, 5) is 23.4. The van der Waals surface area contributed by atoms with Crippen LogP contribution in [0.2, 0.25) is 0 Å². The Bertz CT molecular complexity index is 972. The smallest absolute Gasteiger partial charge is 0.251 e. The number of carbonyl (C=O) groups excluding carboxylic acids is 1. The molecule has 2 aromatic heterocycles. The number of ether oxygens (including phenoxy) is 1. The zero-order chi connectivity index (χ0) is 22.2. The van der Waals surface area contributed by atoms with Crippen LogP contribution in [0.4, 0.5) is 14.6 Å². The molecule has 1 atom stereocenters. The molecule has 0 bridgehead atoms. The molecule has 1 amide bonds. The van der Waals surface area contributed by atoms with Gasteiger partial charge in [0.1, 0.15) is 11.7 Å². The highest BCUT2D eigenvalue weighted by Gasteiger charge is 2.42. The number of likely N-dealkylation sites (N-methyl/N-ethyl adjacent to an activating group) is 1. The Morgan fingerprint density at radius 2 is 1.90 bits per heavy atom. The SMILES string of the molecule is COc1ccc(N2C(c3cnc(C)cn3)=CC(C(=O)N3CCC(F)(F)CC3)N2C)nn1. The van der Waals surface area contributed by atoms with Gasteiger partial charge in [0, 0.05) is 45.2 Å². The molecule has 0 N–H and O–H groups in total. The third-order valence-corrected chi connectivity index (χ3v) is 5.42. The van der Waals surface area contributed by atoms with Crippen molar-refractivity contribution < 1.29 is 18.3 Å². The second kappa shape index (κ2) is 8.14. The summed E-state index contributed by atoms with van der Waals surface area (Å²) in [6.45, 7) is 1.87. The fraction of sp³-hybridized carbons (Fsp3) is 0.450. The number of aryl methyl sites for hydroxylation is 1. The highest BCUT2D eigenvalue weighted by Crippen LogP contribution is 2.34. The van der Waals surface area contributed by atoms with E-state index in [0.29, 0.717) is 23.1 Å². The first kappa shape index (κ1) is 21.0. The highest BCUT2D eigenvalue weighted by atomic mass is 19.3. The molecule has 11 heteroatoms. The first-order valence-electron chi connectivity index (χ1n) is 9.87. The van der Waals surface area contributed by atoms with Crippen molar-refractivity contribution in [3.05, 3.63) is 42.0 Å². The zero-order valence-corrected chi connectivity index (χ0v) is 17.5. The van der Waals surface area contributed by atoms with Gasteiger partial charge in [0.05, 0.1) is 24.7 Å². The van der Waals surface area contributed by atoms with E-state index < -0.39 is 12.0 Å². The van der Waals surface area contributed by atoms with Crippen LogP contribution >= 0.6 is 0 Å². The molecule has 0 aromatic carbocycles. The molecule has 4 heterocycles. The van der Waals surface area contributed by atoms with E-state index >= 15 is 0 Å². The number of methoxy groups -OCH3 is 1. The average molecular weight is 431 g/mol. The minimum atomic E-state index is -2.72. The molecule has 1 saturated heterocycles. The van der Waals surface area contributed by atoms with Gasteiger partial charge in [-0.2, -0.15) is 0 Å². The van der Waals surface area contributed by atoms with Crippen LogP contribution in [0.5, 0.6) is 5.88 Å². The number of halogens is 2. The molecular formula is C20H23F2N7O2. The second-order valence-electron chi connectivity index (χ2n) is 7.54. The Balaban J connectivity index is 1.66. The van der Waals surface area contributed by atoms with E-state index in [1.807, 2.05) is 6.92 Å². The minimum Gasteiger partial charge on any atom is -0.480 e. The molecule has 2 aromatic rings. The number of hydrazine groups is 1. The fourth-order valence-electron chi connectivity index (χ4n) is 3.63. The number of hydrogen-bond donors (Lipinski definition) is 0. The Labute approximate surface area is 178 Å². The van der Waals surface area contributed by atoms with Gasteiger partial charge in [-0.05, 0) is 19.1 Å². The van der Waals surface area contributed by atoms with Crippen molar-refractivity contribution in [1.82, 2.24) is 30.1 Å². The second-order valence-corrected chi connectivity index (χ2v) is 7.54. The van der Waals surface area contributed by atoms with Crippen molar-refractivity contribution in [3.63, 3.8) is 0 Å². The number of carbonyl (C=O) groups is 1. The van der Waals surface area contributed by atoms with E-state index in [1.54, 1.807) is 47.7 Å². The zero-order valence-electron chi connectivity index (χ0n) is 17.5. The molecule has 0 aliphatic carbocycles. The molecule has 4 rings (SSSR count). The van der Waals surface area contributed by atoms with Gasteiger partial charge in [-0.15, -0.1) is 10.2 Å².